The summed E-state index contributed by atoms with van der Waals surface area (Å²) >= 11 is 0. The minimum absolute atomic E-state index is 0.0743. The Hall–Kier alpha value is -3.34. The number of aromatic nitrogens is 1. The number of benzene rings is 2. The molecule has 5 heteroatoms. The molecule has 0 saturated carbocycles. The molecule has 3 aromatic rings. The fourth-order valence-corrected chi connectivity index (χ4v) is 3.07. The van der Waals surface area contributed by atoms with Crippen LogP contribution in [-0.2, 0) is 17.8 Å². The molecule has 0 aliphatic rings. The van der Waals surface area contributed by atoms with E-state index in [4.69, 9.17) is 4.74 Å². The van der Waals surface area contributed by atoms with Gasteiger partial charge in [-0.25, -0.2) is 4.98 Å². The van der Waals surface area contributed by atoms with Gasteiger partial charge >= 0.3 is 0 Å². The summed E-state index contributed by atoms with van der Waals surface area (Å²) < 4.78 is 5.14. The molecule has 0 bridgehead atoms. The van der Waals surface area contributed by atoms with E-state index >= 15 is 0 Å². The normalized spacial score (nSPS) is 10.6. The summed E-state index contributed by atoms with van der Waals surface area (Å²) in [6, 6.07) is 22.0. The lowest BCUT2D eigenvalue weighted by atomic mass is 10.1. The first-order chi connectivity index (χ1) is 14.0. The molecule has 5 nitrogen and oxygen atoms in total. The molecule has 1 aromatic heterocycles. The molecule has 1 heterocycles. The van der Waals surface area contributed by atoms with Crippen LogP contribution in [-0.4, -0.2) is 24.0 Å². The van der Waals surface area contributed by atoms with Gasteiger partial charge in [-0.3, -0.25) is 4.79 Å². The quantitative estimate of drug-likeness (QED) is 0.607. The molecule has 3 rings (SSSR count). The summed E-state index contributed by atoms with van der Waals surface area (Å²) in [4.78, 5) is 19.1. The lowest BCUT2D eigenvalue weighted by Crippen LogP contribution is -2.30. The van der Waals surface area contributed by atoms with Crippen molar-refractivity contribution in [2.24, 2.45) is 0 Å². The molecular formula is C24H27N3O2. The fourth-order valence-electron chi connectivity index (χ4n) is 3.07. The van der Waals surface area contributed by atoms with Gasteiger partial charge in [-0.05, 0) is 49.2 Å². The first kappa shape index (κ1) is 20.4. The molecule has 0 aliphatic carbocycles. The molecule has 0 radical (unpaired) electrons. The Morgan fingerprint density at radius 2 is 1.72 bits per heavy atom. The highest BCUT2D eigenvalue weighted by Gasteiger charge is 2.13. The second kappa shape index (κ2) is 9.73. The largest absolute Gasteiger partial charge is 0.497 e. The maximum absolute atomic E-state index is 12.3. The third-order valence-corrected chi connectivity index (χ3v) is 4.67. The Kier molecular flexibility index (Phi) is 6.85. The van der Waals surface area contributed by atoms with E-state index in [9.17, 15) is 4.79 Å². The Balaban J connectivity index is 1.62. The van der Waals surface area contributed by atoms with Crippen molar-refractivity contribution in [1.29, 1.82) is 0 Å². The van der Waals surface area contributed by atoms with Crippen molar-refractivity contribution in [3.63, 3.8) is 0 Å². The van der Waals surface area contributed by atoms with E-state index in [2.05, 4.69) is 41.2 Å². The maximum Gasteiger partial charge on any atom is 0.228 e. The summed E-state index contributed by atoms with van der Waals surface area (Å²) in [6.45, 7) is 5.08. The third-order valence-electron chi connectivity index (χ3n) is 4.67. The first-order valence-corrected chi connectivity index (χ1v) is 9.74. The van der Waals surface area contributed by atoms with Crippen LogP contribution in [0.2, 0.25) is 0 Å². The number of carbonyl (C=O) groups excluding carboxylic acids is 1. The van der Waals surface area contributed by atoms with Crippen molar-refractivity contribution >= 4 is 17.4 Å². The zero-order valence-electron chi connectivity index (χ0n) is 17.1. The van der Waals surface area contributed by atoms with Crippen molar-refractivity contribution in [3.8, 4) is 5.75 Å². The van der Waals surface area contributed by atoms with Crippen molar-refractivity contribution in [3.05, 3.63) is 84.1 Å². The Bertz CT molecular complexity index is 907. The highest BCUT2D eigenvalue weighted by molar-refractivity contribution is 5.92. The van der Waals surface area contributed by atoms with Crippen LogP contribution in [0, 0.1) is 0 Å². The van der Waals surface area contributed by atoms with Gasteiger partial charge in [0.05, 0.1) is 25.4 Å². The smallest absolute Gasteiger partial charge is 0.228 e. The zero-order chi connectivity index (χ0) is 20.6. The molecule has 1 N–H and O–H groups in total. The highest BCUT2D eigenvalue weighted by atomic mass is 16.5. The van der Waals surface area contributed by atoms with Gasteiger partial charge in [0, 0.05) is 12.6 Å². The molecule has 0 atom stereocenters. The van der Waals surface area contributed by atoms with E-state index in [1.807, 2.05) is 54.6 Å². The van der Waals surface area contributed by atoms with Crippen LogP contribution in [0.4, 0.5) is 11.5 Å². The summed E-state index contributed by atoms with van der Waals surface area (Å²) in [6.07, 6.45) is 2.01. The van der Waals surface area contributed by atoms with Gasteiger partial charge in [0.1, 0.15) is 11.6 Å². The molecule has 150 valence electrons. The van der Waals surface area contributed by atoms with E-state index in [1.165, 1.54) is 5.56 Å². The van der Waals surface area contributed by atoms with E-state index in [0.717, 1.165) is 23.7 Å². The van der Waals surface area contributed by atoms with Gasteiger partial charge in [0.2, 0.25) is 5.91 Å². The van der Waals surface area contributed by atoms with Crippen LogP contribution in [0.1, 0.15) is 25.0 Å². The highest BCUT2D eigenvalue weighted by Crippen LogP contribution is 2.20. The van der Waals surface area contributed by atoms with Crippen LogP contribution in [0.25, 0.3) is 0 Å². The number of hydrogen-bond acceptors (Lipinski definition) is 4. The topological polar surface area (TPSA) is 54.5 Å². The summed E-state index contributed by atoms with van der Waals surface area (Å²) in [7, 11) is 1.62. The van der Waals surface area contributed by atoms with Crippen molar-refractivity contribution in [2.75, 3.05) is 17.3 Å². The first-order valence-electron chi connectivity index (χ1n) is 9.74. The maximum atomic E-state index is 12.3. The Labute approximate surface area is 172 Å². The fraction of sp³-hybridized carbons (Fsp3) is 0.250. The summed E-state index contributed by atoms with van der Waals surface area (Å²) in [5, 5.41) is 2.91. The minimum atomic E-state index is -0.0743. The van der Waals surface area contributed by atoms with Crippen LogP contribution in [0.3, 0.4) is 0 Å². The molecule has 0 saturated heterocycles. The van der Waals surface area contributed by atoms with Crippen molar-refractivity contribution < 1.29 is 9.53 Å². The van der Waals surface area contributed by atoms with Crippen LogP contribution < -0.4 is 15.0 Å². The predicted octanol–water partition coefficient (Wildman–Crippen LogP) is 4.69. The van der Waals surface area contributed by atoms with Gasteiger partial charge in [0.15, 0.2) is 0 Å². The number of hydrogen-bond donors (Lipinski definition) is 1. The van der Waals surface area contributed by atoms with Crippen molar-refractivity contribution in [1.82, 2.24) is 4.98 Å². The number of amides is 1. The average molecular weight is 389 g/mol. The lowest BCUT2D eigenvalue weighted by molar-refractivity contribution is -0.115. The Morgan fingerprint density at radius 1 is 1.00 bits per heavy atom. The average Bonchev–Trinajstić information content (AvgIpc) is 2.74. The lowest BCUT2D eigenvalue weighted by Gasteiger charge is -2.28. The Morgan fingerprint density at radius 3 is 2.31 bits per heavy atom. The van der Waals surface area contributed by atoms with Gasteiger partial charge < -0.3 is 15.0 Å². The van der Waals surface area contributed by atoms with E-state index in [0.29, 0.717) is 18.2 Å². The molecule has 0 unspecified atom stereocenters. The van der Waals surface area contributed by atoms with Crippen LogP contribution in [0.15, 0.2) is 72.9 Å². The van der Waals surface area contributed by atoms with Crippen LogP contribution in [0.5, 0.6) is 5.75 Å². The van der Waals surface area contributed by atoms with E-state index < -0.39 is 0 Å². The number of pyridine rings is 1. The zero-order valence-corrected chi connectivity index (χ0v) is 17.1. The minimum Gasteiger partial charge on any atom is -0.497 e. The molecule has 0 spiro atoms. The molecule has 29 heavy (non-hydrogen) atoms. The molecule has 1 amide bonds. The molecular weight excluding hydrogens is 362 g/mol. The van der Waals surface area contributed by atoms with Gasteiger partial charge in [-0.1, -0.05) is 42.5 Å². The summed E-state index contributed by atoms with van der Waals surface area (Å²) in [5.41, 5.74) is 2.86. The summed E-state index contributed by atoms with van der Waals surface area (Å²) in [5.74, 6) is 1.59. The number of nitrogens with one attached hydrogen (secondary N) is 1. The second-order valence-electron chi connectivity index (χ2n) is 7.19. The van der Waals surface area contributed by atoms with Gasteiger partial charge in [-0.15, -0.1) is 0 Å². The number of rotatable bonds is 8. The number of anilines is 2. The number of ether oxygens (including phenoxy) is 1. The number of carbonyl (C=O) groups is 1. The van der Waals surface area contributed by atoms with Gasteiger partial charge in [0.25, 0.3) is 0 Å². The van der Waals surface area contributed by atoms with E-state index in [1.54, 1.807) is 13.3 Å². The van der Waals surface area contributed by atoms with Gasteiger partial charge in [-0.2, -0.15) is 0 Å². The van der Waals surface area contributed by atoms with E-state index in [-0.39, 0.29) is 5.91 Å². The molecule has 0 fully saturated rings. The second-order valence-corrected chi connectivity index (χ2v) is 7.19. The SMILES string of the molecule is COc1ccc(CC(=O)Nc2ccc(N(Cc3ccccc3)C(C)C)nc2)cc1. The monoisotopic (exact) mass is 389 g/mol. The number of methoxy groups -OCH3 is 1. The third kappa shape index (κ3) is 5.82. The number of nitrogens with zero attached hydrogens (tertiary/aromatic N) is 2. The molecule has 0 aliphatic heterocycles. The van der Waals surface area contributed by atoms with Crippen molar-refractivity contribution in [2.45, 2.75) is 32.9 Å². The molecule has 2 aromatic carbocycles. The predicted molar refractivity (Wildman–Crippen MR) is 117 cm³/mol. The van der Waals surface area contributed by atoms with Crippen LogP contribution >= 0.6 is 0 Å². The standard InChI is InChI=1S/C24H27N3O2/c1-18(2)27(17-20-7-5-4-6-8-20)23-14-11-21(16-25-23)26-24(28)15-19-9-12-22(29-3)13-10-19/h4-14,16,18H,15,17H2,1-3H3,(H,26,28).